The summed E-state index contributed by atoms with van der Waals surface area (Å²) in [6.07, 6.45) is 0. The molecule has 4 rings (SSSR count). The number of methoxy groups -OCH3 is 1. The van der Waals surface area contributed by atoms with Gasteiger partial charge in [-0.25, -0.2) is 18.4 Å². The van der Waals surface area contributed by atoms with Crippen LogP contribution in [0.1, 0.15) is 17.0 Å². The van der Waals surface area contributed by atoms with E-state index in [9.17, 15) is 18.9 Å². The third-order valence-electron chi connectivity index (χ3n) is 4.91. The quantitative estimate of drug-likeness (QED) is 0.494. The Bertz CT molecular complexity index is 1510. The zero-order chi connectivity index (χ0) is 22.9. The smallest absolute Gasteiger partial charge is 0.212 e. The van der Waals surface area contributed by atoms with Crippen molar-refractivity contribution in [2.75, 3.05) is 12.8 Å². The third-order valence-corrected chi connectivity index (χ3v) is 6.74. The molecule has 0 aliphatic heterocycles. The second kappa shape index (κ2) is 8.02. The van der Waals surface area contributed by atoms with Gasteiger partial charge in [-0.3, -0.25) is 0 Å². The lowest BCUT2D eigenvalue weighted by Crippen LogP contribution is -2.09. The zero-order valence-corrected chi connectivity index (χ0v) is 17.7. The maximum absolute atomic E-state index is 13.4. The summed E-state index contributed by atoms with van der Waals surface area (Å²) in [7, 11) is -2.53. The first-order valence-electron chi connectivity index (χ1n) is 9.33. The average molecular weight is 444 g/mol. The predicted molar refractivity (Wildman–Crippen MR) is 115 cm³/mol. The first-order chi connectivity index (χ1) is 15.4. The highest BCUT2D eigenvalue weighted by atomic mass is 32.2. The van der Waals surface area contributed by atoms with Crippen molar-refractivity contribution in [1.29, 1.82) is 10.5 Å². The Morgan fingerprint density at radius 1 is 1.00 bits per heavy atom. The van der Waals surface area contributed by atoms with Crippen LogP contribution in [0.2, 0.25) is 0 Å². The number of nitrogens with zero attached hydrogens (tertiary/aromatic N) is 5. The Labute approximate surface area is 183 Å². The van der Waals surface area contributed by atoms with Gasteiger partial charge < -0.3 is 15.0 Å². The van der Waals surface area contributed by atoms with E-state index in [2.05, 4.69) is 9.97 Å². The van der Waals surface area contributed by atoms with Crippen LogP contribution in [-0.2, 0) is 16.4 Å². The molecule has 32 heavy (non-hydrogen) atoms. The normalized spacial score (nSPS) is 11.1. The van der Waals surface area contributed by atoms with Crippen molar-refractivity contribution in [1.82, 2.24) is 14.5 Å². The van der Waals surface area contributed by atoms with E-state index in [1.165, 1.54) is 16.7 Å². The number of benzene rings is 2. The third kappa shape index (κ3) is 3.39. The lowest BCUT2D eigenvalue weighted by atomic mass is 10.2. The van der Waals surface area contributed by atoms with Crippen molar-refractivity contribution in [3.8, 4) is 17.9 Å². The molecule has 0 aliphatic rings. The van der Waals surface area contributed by atoms with Crippen LogP contribution in [0.3, 0.4) is 0 Å². The van der Waals surface area contributed by atoms with E-state index in [1.807, 2.05) is 6.07 Å². The van der Waals surface area contributed by atoms with Gasteiger partial charge in [0.25, 0.3) is 0 Å². The molecular weight excluding hydrogens is 428 g/mol. The number of anilines is 1. The first kappa shape index (κ1) is 20.8. The summed E-state index contributed by atoms with van der Waals surface area (Å²) in [5.74, 6) is 0.579. The topological polar surface area (TPSA) is 148 Å². The molecule has 0 bridgehead atoms. The molecule has 0 aliphatic carbocycles. The van der Waals surface area contributed by atoms with Gasteiger partial charge in [0.1, 0.15) is 34.1 Å². The van der Waals surface area contributed by atoms with Crippen molar-refractivity contribution in [2.24, 2.45) is 0 Å². The molecule has 0 saturated heterocycles. The van der Waals surface area contributed by atoms with Gasteiger partial charge in [-0.1, -0.05) is 30.3 Å². The summed E-state index contributed by atoms with van der Waals surface area (Å²) < 4.78 is 33.5. The molecule has 2 aromatic heterocycles. The van der Waals surface area contributed by atoms with Crippen molar-refractivity contribution in [3.63, 3.8) is 0 Å². The minimum atomic E-state index is -4.08. The summed E-state index contributed by atoms with van der Waals surface area (Å²) in [6.45, 7) is 0.169. The predicted octanol–water partition coefficient (Wildman–Crippen LogP) is 2.65. The molecule has 0 atom stereocenters. The largest absolute Gasteiger partial charge is 0.497 e. The fourth-order valence-corrected chi connectivity index (χ4v) is 4.87. The van der Waals surface area contributed by atoms with Crippen molar-refractivity contribution < 1.29 is 13.2 Å². The Morgan fingerprint density at radius 2 is 1.62 bits per heavy atom. The SMILES string of the molecule is COc1ccc(Cn2c(N)c(S(=O)(=O)c3ccccc3)c3nc(C#N)c(C#N)nc32)cc1. The number of fused-ring (bicyclic) bond motifs is 1. The van der Waals surface area contributed by atoms with Gasteiger partial charge in [-0.15, -0.1) is 0 Å². The standard InChI is InChI=1S/C22H16N6O3S/c1-31-15-9-7-14(8-10-15)13-28-21(25)20(32(29,30)16-5-3-2-4-6-16)19-22(28)27-18(12-24)17(11-23)26-19/h2-10H,13,25H2,1H3. The number of rotatable bonds is 5. The van der Waals surface area contributed by atoms with Gasteiger partial charge in [0.15, 0.2) is 17.0 Å². The van der Waals surface area contributed by atoms with Gasteiger partial charge in [0.05, 0.1) is 18.6 Å². The molecule has 0 spiro atoms. The van der Waals surface area contributed by atoms with Crippen LogP contribution in [0.15, 0.2) is 64.4 Å². The van der Waals surface area contributed by atoms with E-state index in [0.29, 0.717) is 5.75 Å². The fraction of sp³-hybridized carbons (Fsp3) is 0.0909. The summed E-state index contributed by atoms with van der Waals surface area (Å²) in [5, 5.41) is 18.8. The van der Waals surface area contributed by atoms with E-state index < -0.39 is 9.84 Å². The first-order valence-corrected chi connectivity index (χ1v) is 10.8. The fourth-order valence-electron chi connectivity index (χ4n) is 3.34. The van der Waals surface area contributed by atoms with Gasteiger partial charge in [-0.2, -0.15) is 10.5 Å². The Hall–Kier alpha value is -4.41. The van der Waals surface area contributed by atoms with Crippen LogP contribution in [0.25, 0.3) is 11.2 Å². The molecule has 158 valence electrons. The molecule has 10 heteroatoms. The van der Waals surface area contributed by atoms with Crippen LogP contribution in [0, 0.1) is 22.7 Å². The van der Waals surface area contributed by atoms with E-state index in [-0.39, 0.29) is 44.7 Å². The lowest BCUT2D eigenvalue weighted by molar-refractivity contribution is 0.414. The molecule has 2 aromatic carbocycles. The molecule has 2 heterocycles. The minimum Gasteiger partial charge on any atom is -0.497 e. The van der Waals surface area contributed by atoms with E-state index in [4.69, 9.17) is 10.5 Å². The number of aromatic nitrogens is 3. The lowest BCUT2D eigenvalue weighted by Gasteiger charge is -2.09. The Morgan fingerprint density at radius 3 is 2.22 bits per heavy atom. The highest BCUT2D eigenvalue weighted by molar-refractivity contribution is 7.92. The number of nitriles is 2. The second-order valence-electron chi connectivity index (χ2n) is 6.78. The highest BCUT2D eigenvalue weighted by Crippen LogP contribution is 2.35. The Kier molecular flexibility index (Phi) is 5.23. The summed E-state index contributed by atoms with van der Waals surface area (Å²) >= 11 is 0. The maximum atomic E-state index is 13.4. The van der Waals surface area contributed by atoms with Crippen LogP contribution in [0.4, 0.5) is 5.82 Å². The molecule has 9 nitrogen and oxygen atoms in total. The van der Waals surface area contributed by atoms with Crippen LogP contribution < -0.4 is 10.5 Å². The average Bonchev–Trinajstić information content (AvgIpc) is 3.09. The minimum absolute atomic E-state index is 0.0277. The zero-order valence-electron chi connectivity index (χ0n) is 16.8. The van der Waals surface area contributed by atoms with Gasteiger partial charge in [0.2, 0.25) is 9.84 Å². The summed E-state index contributed by atoms with van der Waals surface area (Å²) in [5.41, 5.74) is 6.69. The summed E-state index contributed by atoms with van der Waals surface area (Å²) in [6, 6.07) is 18.5. The number of hydrogen-bond donors (Lipinski definition) is 1. The van der Waals surface area contributed by atoms with E-state index in [1.54, 1.807) is 55.6 Å². The Balaban J connectivity index is 2.01. The van der Waals surface area contributed by atoms with E-state index >= 15 is 0 Å². The molecule has 2 N–H and O–H groups in total. The number of nitrogen functional groups attached to an aromatic ring is 1. The molecule has 0 saturated carbocycles. The maximum Gasteiger partial charge on any atom is 0.212 e. The monoisotopic (exact) mass is 444 g/mol. The second-order valence-corrected chi connectivity index (χ2v) is 8.67. The number of nitrogens with two attached hydrogens (primary N) is 1. The number of hydrogen-bond acceptors (Lipinski definition) is 8. The van der Waals surface area contributed by atoms with Crippen LogP contribution in [0.5, 0.6) is 5.75 Å². The molecule has 0 unspecified atom stereocenters. The van der Waals surface area contributed by atoms with Crippen LogP contribution >= 0.6 is 0 Å². The summed E-state index contributed by atoms with van der Waals surface area (Å²) in [4.78, 5) is 8.17. The highest BCUT2D eigenvalue weighted by Gasteiger charge is 2.30. The van der Waals surface area contributed by atoms with Gasteiger partial charge >= 0.3 is 0 Å². The number of ether oxygens (including phenoxy) is 1. The van der Waals surface area contributed by atoms with Gasteiger partial charge in [0, 0.05) is 0 Å². The molecular formula is C22H16N6O3S. The van der Waals surface area contributed by atoms with Crippen molar-refractivity contribution in [2.45, 2.75) is 16.3 Å². The molecule has 0 fully saturated rings. The molecule has 4 aromatic rings. The van der Waals surface area contributed by atoms with Crippen LogP contribution in [-0.4, -0.2) is 30.1 Å². The van der Waals surface area contributed by atoms with Crippen molar-refractivity contribution >= 4 is 26.8 Å². The molecule has 0 amide bonds. The van der Waals surface area contributed by atoms with Gasteiger partial charge in [-0.05, 0) is 29.8 Å². The van der Waals surface area contributed by atoms with E-state index in [0.717, 1.165) is 5.56 Å². The molecule has 0 radical (unpaired) electrons. The van der Waals surface area contributed by atoms with Crippen molar-refractivity contribution in [3.05, 3.63) is 71.5 Å². The number of sulfone groups is 1.